The maximum atomic E-state index is 12.3. The number of aliphatic hydroxyl groups excluding tert-OH is 1. The van der Waals surface area contributed by atoms with Crippen LogP contribution in [0.1, 0.15) is 40.0 Å². The fourth-order valence-electron chi connectivity index (χ4n) is 2.05. The van der Waals surface area contributed by atoms with Crippen molar-refractivity contribution in [3.05, 3.63) is 0 Å². The largest absolute Gasteiger partial charge is 0.414 e. The first-order valence-corrected chi connectivity index (χ1v) is 5.55. The zero-order valence-corrected chi connectivity index (χ0v) is 9.84. The first-order chi connectivity index (χ1) is 7.14. The Balaban J connectivity index is 2.61. The van der Waals surface area contributed by atoms with Crippen LogP contribution in [0.4, 0.5) is 13.2 Å². The van der Waals surface area contributed by atoms with Gasteiger partial charge in [0.15, 0.2) is 6.10 Å². The predicted molar refractivity (Wildman–Crippen MR) is 54.0 cm³/mol. The van der Waals surface area contributed by atoms with Crippen LogP contribution in [0.15, 0.2) is 0 Å². The third kappa shape index (κ3) is 3.10. The lowest BCUT2D eigenvalue weighted by Crippen LogP contribution is -2.47. The molecule has 0 radical (unpaired) electrons. The molecule has 0 aromatic rings. The molecule has 0 spiro atoms. The maximum absolute atomic E-state index is 12.3. The quantitative estimate of drug-likeness (QED) is 0.804. The van der Waals surface area contributed by atoms with Gasteiger partial charge in [0, 0.05) is 0 Å². The average Bonchev–Trinajstić information content (AvgIpc) is 2.11. The zero-order valence-electron chi connectivity index (χ0n) is 9.84. The van der Waals surface area contributed by atoms with Gasteiger partial charge < -0.3 is 9.84 Å². The highest BCUT2D eigenvalue weighted by Crippen LogP contribution is 2.38. The van der Waals surface area contributed by atoms with E-state index in [9.17, 15) is 18.3 Å². The molecule has 2 nitrogen and oxygen atoms in total. The molecular weight excluding hydrogens is 221 g/mol. The number of halogens is 3. The Hall–Kier alpha value is -0.290. The van der Waals surface area contributed by atoms with Crippen LogP contribution in [0.2, 0.25) is 0 Å². The lowest BCUT2D eigenvalue weighted by atomic mass is 9.73. The number of ether oxygens (including phenoxy) is 1. The monoisotopic (exact) mass is 240 g/mol. The fraction of sp³-hybridized carbons (Fsp3) is 1.00. The average molecular weight is 240 g/mol. The van der Waals surface area contributed by atoms with Gasteiger partial charge in [0.2, 0.25) is 0 Å². The molecule has 3 unspecified atom stereocenters. The van der Waals surface area contributed by atoms with E-state index in [-0.39, 0.29) is 5.41 Å². The molecule has 5 heteroatoms. The highest BCUT2D eigenvalue weighted by molar-refractivity contribution is 4.89. The van der Waals surface area contributed by atoms with E-state index in [1.54, 1.807) is 0 Å². The van der Waals surface area contributed by atoms with Crippen molar-refractivity contribution in [2.45, 2.75) is 64.5 Å². The van der Waals surface area contributed by atoms with Crippen LogP contribution in [-0.4, -0.2) is 29.6 Å². The van der Waals surface area contributed by atoms with Crippen LogP contribution in [0.3, 0.4) is 0 Å². The predicted octanol–water partition coefficient (Wildman–Crippen LogP) is 2.89. The summed E-state index contributed by atoms with van der Waals surface area (Å²) in [5, 5.41) is 9.92. The van der Waals surface area contributed by atoms with E-state index in [1.807, 2.05) is 13.8 Å². The number of alkyl halides is 3. The molecule has 1 fully saturated rings. The van der Waals surface area contributed by atoms with E-state index in [1.165, 1.54) is 0 Å². The molecule has 0 bridgehead atoms. The van der Waals surface area contributed by atoms with Crippen LogP contribution in [0.25, 0.3) is 0 Å². The van der Waals surface area contributed by atoms with Gasteiger partial charge in [0.1, 0.15) is 0 Å². The van der Waals surface area contributed by atoms with E-state index < -0.39 is 24.5 Å². The van der Waals surface area contributed by atoms with Gasteiger partial charge in [-0.05, 0) is 25.2 Å². The molecule has 96 valence electrons. The van der Waals surface area contributed by atoms with Crippen molar-refractivity contribution in [3.63, 3.8) is 0 Å². The van der Waals surface area contributed by atoms with Gasteiger partial charge in [0.25, 0.3) is 0 Å². The van der Waals surface area contributed by atoms with Gasteiger partial charge in [0.05, 0.1) is 12.2 Å². The topological polar surface area (TPSA) is 29.5 Å². The Morgan fingerprint density at radius 3 is 2.44 bits per heavy atom. The SMILES string of the molecule is CC(OC1CCCC(C)(C)C1O)C(F)(F)F. The molecule has 1 N–H and O–H groups in total. The molecule has 16 heavy (non-hydrogen) atoms. The van der Waals surface area contributed by atoms with E-state index in [2.05, 4.69) is 0 Å². The Morgan fingerprint density at radius 1 is 1.38 bits per heavy atom. The highest BCUT2D eigenvalue weighted by Gasteiger charge is 2.44. The van der Waals surface area contributed by atoms with Crippen molar-refractivity contribution in [3.8, 4) is 0 Å². The van der Waals surface area contributed by atoms with Gasteiger partial charge >= 0.3 is 6.18 Å². The molecular formula is C11H19F3O2. The standard InChI is InChI=1S/C11H19F3O2/c1-7(11(12,13)14)16-8-5-4-6-10(2,3)9(8)15/h7-9,15H,4-6H2,1-3H3. The zero-order chi connectivity index (χ0) is 12.6. The summed E-state index contributed by atoms with van der Waals surface area (Å²) in [5.74, 6) is 0. The van der Waals surface area contributed by atoms with Crippen molar-refractivity contribution in [1.82, 2.24) is 0 Å². The molecule has 1 aliphatic carbocycles. The van der Waals surface area contributed by atoms with E-state index in [4.69, 9.17) is 4.74 Å². The molecule has 0 aromatic carbocycles. The van der Waals surface area contributed by atoms with Crippen LogP contribution < -0.4 is 0 Å². The van der Waals surface area contributed by atoms with E-state index >= 15 is 0 Å². The van der Waals surface area contributed by atoms with Crippen molar-refractivity contribution in [2.75, 3.05) is 0 Å². The first kappa shape index (κ1) is 13.8. The summed E-state index contributed by atoms with van der Waals surface area (Å²) in [6, 6.07) is 0. The van der Waals surface area contributed by atoms with Crippen molar-refractivity contribution < 1.29 is 23.0 Å². The van der Waals surface area contributed by atoms with Gasteiger partial charge in [-0.2, -0.15) is 13.2 Å². The smallest absolute Gasteiger partial charge is 0.390 e. The molecule has 1 rings (SSSR count). The Bertz CT molecular complexity index is 238. The maximum Gasteiger partial charge on any atom is 0.414 e. The molecule has 0 heterocycles. The van der Waals surface area contributed by atoms with Crippen molar-refractivity contribution in [2.24, 2.45) is 5.41 Å². The molecule has 0 aliphatic heterocycles. The number of hydrogen-bond donors (Lipinski definition) is 1. The Morgan fingerprint density at radius 2 is 1.94 bits per heavy atom. The fourth-order valence-corrected chi connectivity index (χ4v) is 2.05. The summed E-state index contributed by atoms with van der Waals surface area (Å²) in [6.45, 7) is 4.69. The molecule has 0 aromatic heterocycles. The molecule has 3 atom stereocenters. The second kappa shape index (κ2) is 4.53. The second-order valence-corrected chi connectivity index (χ2v) is 5.18. The van der Waals surface area contributed by atoms with E-state index in [0.717, 1.165) is 19.8 Å². The highest BCUT2D eigenvalue weighted by atomic mass is 19.4. The summed E-state index contributed by atoms with van der Waals surface area (Å²) in [6.07, 6.45) is -5.62. The molecule has 1 saturated carbocycles. The minimum Gasteiger partial charge on any atom is -0.390 e. The van der Waals surface area contributed by atoms with Crippen molar-refractivity contribution >= 4 is 0 Å². The Kier molecular flexibility index (Phi) is 3.90. The molecule has 0 amide bonds. The number of hydrogen-bond acceptors (Lipinski definition) is 2. The lowest BCUT2D eigenvalue weighted by Gasteiger charge is -2.41. The van der Waals surface area contributed by atoms with Crippen LogP contribution in [0.5, 0.6) is 0 Å². The van der Waals surface area contributed by atoms with Crippen LogP contribution in [-0.2, 0) is 4.74 Å². The van der Waals surface area contributed by atoms with E-state index in [0.29, 0.717) is 6.42 Å². The lowest BCUT2D eigenvalue weighted by molar-refractivity contribution is -0.246. The third-order valence-corrected chi connectivity index (χ3v) is 3.30. The van der Waals surface area contributed by atoms with Crippen LogP contribution in [0, 0.1) is 5.41 Å². The number of rotatable bonds is 2. The van der Waals surface area contributed by atoms with Gasteiger partial charge in [-0.1, -0.05) is 20.3 Å². The van der Waals surface area contributed by atoms with Crippen molar-refractivity contribution in [1.29, 1.82) is 0 Å². The normalized spacial score (nSPS) is 32.4. The molecule has 1 aliphatic rings. The molecule has 0 saturated heterocycles. The summed E-state index contributed by atoms with van der Waals surface area (Å²) in [5.41, 5.74) is -0.367. The Labute approximate surface area is 93.8 Å². The summed E-state index contributed by atoms with van der Waals surface area (Å²) in [7, 11) is 0. The van der Waals surface area contributed by atoms with Gasteiger partial charge in [-0.25, -0.2) is 0 Å². The second-order valence-electron chi connectivity index (χ2n) is 5.18. The summed E-state index contributed by atoms with van der Waals surface area (Å²) < 4.78 is 41.9. The summed E-state index contributed by atoms with van der Waals surface area (Å²) in [4.78, 5) is 0. The van der Waals surface area contributed by atoms with Crippen LogP contribution >= 0.6 is 0 Å². The minimum absolute atomic E-state index is 0.367. The van der Waals surface area contributed by atoms with Gasteiger partial charge in [-0.3, -0.25) is 0 Å². The summed E-state index contributed by atoms with van der Waals surface area (Å²) >= 11 is 0. The van der Waals surface area contributed by atoms with Gasteiger partial charge in [-0.15, -0.1) is 0 Å². The minimum atomic E-state index is -4.36. The third-order valence-electron chi connectivity index (χ3n) is 3.30. The number of aliphatic hydroxyl groups is 1. The first-order valence-electron chi connectivity index (χ1n) is 5.55.